The SMILES string of the molecule is Cn1nc2cc3c(c(NC(=O)N4CS(=O)c5cc(F)ccc54)c2c1CC(F)F)C(O)(c1cc(Cl)ccc1F)NC3=O. The summed E-state index contributed by atoms with van der Waals surface area (Å²) in [6.45, 7) is 0. The molecule has 2 atom stereocenters. The predicted molar refractivity (Wildman–Crippen MR) is 141 cm³/mol. The van der Waals surface area contributed by atoms with Gasteiger partial charge in [-0.15, -0.1) is 0 Å². The second-order valence-corrected chi connectivity index (χ2v) is 11.3. The van der Waals surface area contributed by atoms with Gasteiger partial charge in [0.05, 0.1) is 50.3 Å². The van der Waals surface area contributed by atoms with Crippen LogP contribution in [0.3, 0.4) is 0 Å². The van der Waals surface area contributed by atoms with Crippen molar-refractivity contribution in [2.45, 2.75) is 23.5 Å². The molecule has 212 valence electrons. The number of urea groups is 1. The standard InChI is InChI=1S/C26H18ClF4N5O4S/c1-35-18(9-20(30)31)21-16(34-35)8-13-22(26(39,33-24(13)37)14-6-11(27)2-4-15(14)29)23(21)32-25(38)36-10-41(40)19-7-12(28)3-5-17(19)36/h2-8,20,39H,9-10H2,1H3,(H,32,38)(H,33,37). The number of aryl methyl sites for hydroxylation is 1. The van der Waals surface area contributed by atoms with E-state index in [9.17, 15) is 32.1 Å². The fourth-order valence-electron chi connectivity index (χ4n) is 5.25. The molecule has 0 radical (unpaired) electrons. The summed E-state index contributed by atoms with van der Waals surface area (Å²) in [5.74, 6) is -2.83. The van der Waals surface area contributed by atoms with Crippen LogP contribution in [-0.4, -0.2) is 43.3 Å². The van der Waals surface area contributed by atoms with Crippen LogP contribution in [0, 0.1) is 11.6 Å². The summed E-state index contributed by atoms with van der Waals surface area (Å²) < 4.78 is 70.0. The lowest BCUT2D eigenvalue weighted by Crippen LogP contribution is -2.42. The van der Waals surface area contributed by atoms with Crippen LogP contribution < -0.4 is 15.5 Å². The van der Waals surface area contributed by atoms with Crippen LogP contribution in [0.5, 0.6) is 0 Å². The van der Waals surface area contributed by atoms with Gasteiger partial charge in [0.2, 0.25) is 6.43 Å². The van der Waals surface area contributed by atoms with Gasteiger partial charge >= 0.3 is 6.03 Å². The minimum absolute atomic E-state index is 0.0207. The van der Waals surface area contributed by atoms with E-state index in [1.807, 2.05) is 0 Å². The maximum Gasteiger partial charge on any atom is 0.327 e. The number of benzene rings is 3. The normalized spacial score (nSPS) is 19.6. The number of hydrogen-bond acceptors (Lipinski definition) is 5. The molecule has 2 unspecified atom stereocenters. The molecule has 1 aromatic heterocycles. The Morgan fingerprint density at radius 3 is 2.73 bits per heavy atom. The number of fused-ring (bicyclic) bond motifs is 3. The van der Waals surface area contributed by atoms with Gasteiger partial charge in [0.25, 0.3) is 5.91 Å². The number of alkyl halides is 2. The molecule has 41 heavy (non-hydrogen) atoms. The molecule has 15 heteroatoms. The molecule has 4 aromatic rings. The van der Waals surface area contributed by atoms with Crippen molar-refractivity contribution in [3.05, 3.63) is 81.5 Å². The maximum absolute atomic E-state index is 15.1. The largest absolute Gasteiger partial charge is 0.363 e. The molecule has 3 aromatic carbocycles. The number of halogens is 5. The van der Waals surface area contributed by atoms with Crippen molar-refractivity contribution in [3.8, 4) is 0 Å². The van der Waals surface area contributed by atoms with Crippen LogP contribution in [-0.2, 0) is 30.0 Å². The van der Waals surface area contributed by atoms with Crippen LogP contribution in [0.15, 0.2) is 47.4 Å². The van der Waals surface area contributed by atoms with Crippen molar-refractivity contribution in [3.63, 3.8) is 0 Å². The fourth-order valence-corrected chi connectivity index (χ4v) is 6.70. The van der Waals surface area contributed by atoms with Crippen LogP contribution in [0.25, 0.3) is 10.9 Å². The summed E-state index contributed by atoms with van der Waals surface area (Å²) in [6.07, 6.45) is -3.65. The Balaban J connectivity index is 1.60. The summed E-state index contributed by atoms with van der Waals surface area (Å²) in [4.78, 5) is 27.9. The second-order valence-electron chi connectivity index (χ2n) is 9.47. The van der Waals surface area contributed by atoms with Crippen molar-refractivity contribution in [2.24, 2.45) is 7.05 Å². The van der Waals surface area contributed by atoms with Gasteiger partial charge in [-0.1, -0.05) is 11.6 Å². The molecule has 0 saturated heterocycles. The quantitative estimate of drug-likeness (QED) is 0.298. The topological polar surface area (TPSA) is 117 Å². The predicted octanol–water partition coefficient (Wildman–Crippen LogP) is 4.37. The number of aliphatic hydroxyl groups is 1. The number of carbonyl (C=O) groups is 2. The van der Waals surface area contributed by atoms with E-state index in [2.05, 4.69) is 15.7 Å². The molecule has 0 bridgehead atoms. The Hall–Kier alpha value is -4.01. The third kappa shape index (κ3) is 4.24. The van der Waals surface area contributed by atoms with Gasteiger partial charge < -0.3 is 15.7 Å². The molecule has 0 fully saturated rings. The second kappa shape index (κ2) is 9.53. The molecule has 9 nitrogen and oxygen atoms in total. The van der Waals surface area contributed by atoms with E-state index >= 15 is 4.39 Å². The molecule has 3 heterocycles. The zero-order valence-corrected chi connectivity index (χ0v) is 22.4. The highest BCUT2D eigenvalue weighted by Crippen LogP contribution is 2.46. The smallest absolute Gasteiger partial charge is 0.327 e. The number of rotatable bonds is 4. The highest BCUT2D eigenvalue weighted by Gasteiger charge is 2.48. The maximum atomic E-state index is 15.1. The number of amides is 3. The van der Waals surface area contributed by atoms with Crippen molar-refractivity contribution in [1.29, 1.82) is 0 Å². The minimum Gasteiger partial charge on any atom is -0.363 e. The third-order valence-electron chi connectivity index (χ3n) is 6.99. The van der Waals surface area contributed by atoms with Crippen molar-refractivity contribution in [2.75, 3.05) is 16.1 Å². The first-order chi connectivity index (χ1) is 19.4. The molecule has 0 aliphatic carbocycles. The molecule has 0 spiro atoms. The van der Waals surface area contributed by atoms with Gasteiger partial charge in [-0.25, -0.2) is 22.4 Å². The Kier molecular flexibility index (Phi) is 6.32. The van der Waals surface area contributed by atoms with Crippen molar-refractivity contribution >= 4 is 56.6 Å². The van der Waals surface area contributed by atoms with Crippen LogP contribution in [0.4, 0.5) is 33.7 Å². The van der Waals surface area contributed by atoms with Crippen LogP contribution in [0.1, 0.15) is 27.2 Å². The zero-order chi connectivity index (χ0) is 29.4. The third-order valence-corrected chi connectivity index (χ3v) is 8.54. The van der Waals surface area contributed by atoms with Crippen LogP contribution in [0.2, 0.25) is 5.02 Å². The molecule has 3 N–H and O–H groups in total. The molecule has 0 saturated carbocycles. The highest BCUT2D eigenvalue weighted by molar-refractivity contribution is 7.85. The number of anilines is 2. The number of aromatic nitrogens is 2. The average Bonchev–Trinajstić information content (AvgIpc) is 3.49. The minimum atomic E-state index is -2.84. The lowest BCUT2D eigenvalue weighted by atomic mass is 9.90. The van der Waals surface area contributed by atoms with Gasteiger partial charge in [-0.05, 0) is 42.5 Å². The Morgan fingerprint density at radius 1 is 1.24 bits per heavy atom. The van der Waals surface area contributed by atoms with Gasteiger partial charge in [0, 0.05) is 28.6 Å². The molecular formula is C26H18ClF4N5O4S. The van der Waals surface area contributed by atoms with E-state index in [1.54, 1.807) is 0 Å². The summed E-state index contributed by atoms with van der Waals surface area (Å²) in [7, 11) is -0.384. The number of nitrogens with one attached hydrogen (secondary N) is 2. The number of nitrogens with zero attached hydrogens (tertiary/aromatic N) is 3. The Morgan fingerprint density at radius 2 is 2.00 bits per heavy atom. The number of carbonyl (C=O) groups excluding carboxylic acids is 2. The van der Waals surface area contributed by atoms with E-state index in [1.165, 1.54) is 25.2 Å². The average molecular weight is 608 g/mol. The summed E-state index contributed by atoms with van der Waals surface area (Å²) in [6, 6.07) is 6.95. The summed E-state index contributed by atoms with van der Waals surface area (Å²) >= 11 is 6.07. The van der Waals surface area contributed by atoms with Crippen LogP contribution >= 0.6 is 11.6 Å². The monoisotopic (exact) mass is 607 g/mol. The van der Waals surface area contributed by atoms with E-state index in [-0.39, 0.29) is 54.9 Å². The highest BCUT2D eigenvalue weighted by atomic mass is 35.5. The first-order valence-corrected chi connectivity index (χ1v) is 13.7. The molecule has 2 aliphatic heterocycles. The van der Waals surface area contributed by atoms with E-state index < -0.39 is 58.5 Å². The van der Waals surface area contributed by atoms with Gasteiger partial charge in [-0.2, -0.15) is 5.10 Å². The Bertz CT molecular complexity index is 1830. The zero-order valence-electron chi connectivity index (χ0n) is 20.8. The van der Waals surface area contributed by atoms with Gasteiger partial charge in [-0.3, -0.25) is 18.6 Å². The van der Waals surface area contributed by atoms with E-state index in [0.29, 0.717) is 0 Å². The lowest BCUT2D eigenvalue weighted by molar-refractivity contribution is 0.0455. The fraction of sp³-hybridized carbons (Fsp3) is 0.192. The van der Waals surface area contributed by atoms with Crippen molar-refractivity contribution in [1.82, 2.24) is 15.1 Å². The summed E-state index contributed by atoms with van der Waals surface area (Å²) in [5, 5.41) is 20.9. The molecular weight excluding hydrogens is 590 g/mol. The first kappa shape index (κ1) is 27.2. The van der Waals surface area contributed by atoms with Crippen molar-refractivity contribution < 1.29 is 36.5 Å². The van der Waals surface area contributed by atoms with Gasteiger partial charge in [0.15, 0.2) is 5.72 Å². The van der Waals surface area contributed by atoms with E-state index in [4.69, 9.17) is 11.6 Å². The van der Waals surface area contributed by atoms with E-state index in [0.717, 1.165) is 33.8 Å². The molecule has 3 amide bonds. The number of hydrogen-bond donors (Lipinski definition) is 3. The lowest BCUT2D eigenvalue weighted by Gasteiger charge is -2.28. The molecule has 6 rings (SSSR count). The van der Waals surface area contributed by atoms with Gasteiger partial charge in [0.1, 0.15) is 17.5 Å². The first-order valence-electron chi connectivity index (χ1n) is 12.0. The Labute approximate surface area is 236 Å². The molecule has 2 aliphatic rings. The summed E-state index contributed by atoms with van der Waals surface area (Å²) in [5.41, 5.74) is -3.76.